The summed E-state index contributed by atoms with van der Waals surface area (Å²) in [5, 5.41) is 0. The van der Waals surface area contributed by atoms with Crippen LogP contribution in [0.15, 0.2) is 0 Å². The van der Waals surface area contributed by atoms with Gasteiger partial charge >= 0.3 is 23.9 Å². The van der Waals surface area contributed by atoms with Crippen LogP contribution in [-0.2, 0) is 28.6 Å². The van der Waals surface area contributed by atoms with Crippen molar-refractivity contribution in [1.29, 1.82) is 0 Å². The molecule has 0 bridgehead atoms. The fourth-order valence-corrected chi connectivity index (χ4v) is 1.04. The Morgan fingerprint density at radius 1 is 0.933 bits per heavy atom. The highest BCUT2D eigenvalue weighted by Gasteiger charge is 2.39. The fourth-order valence-electron chi connectivity index (χ4n) is 0.828. The fraction of sp³-hybridized carbons (Fsp3) is 0.625. The zero-order valence-corrected chi connectivity index (χ0v) is 9.66. The van der Waals surface area contributed by atoms with Crippen LogP contribution in [-0.4, -0.2) is 34.1 Å². The smallest absolute Gasteiger partial charge is 0.388 e. The van der Waals surface area contributed by atoms with Gasteiger partial charge in [-0.25, -0.2) is 0 Å². The minimum absolute atomic E-state index is 0.175. The van der Waals surface area contributed by atoms with Gasteiger partial charge in [0.2, 0.25) is 0 Å². The van der Waals surface area contributed by atoms with Gasteiger partial charge in [-0.15, -0.1) is 0 Å². The van der Waals surface area contributed by atoms with E-state index in [2.05, 4.69) is 24.5 Å². The highest BCUT2D eigenvalue weighted by Crippen LogP contribution is 2.20. The van der Waals surface area contributed by atoms with E-state index in [0.717, 1.165) is 20.8 Å². The number of ether oxygens (including phenoxy) is 3. The van der Waals surface area contributed by atoms with Gasteiger partial charge in [-0.05, 0) is 0 Å². The van der Waals surface area contributed by atoms with Crippen molar-refractivity contribution in [2.45, 2.75) is 32.8 Å². The first-order valence-electron chi connectivity index (χ1n) is 4.04. The molecule has 0 aliphatic rings. The van der Waals surface area contributed by atoms with Gasteiger partial charge < -0.3 is 14.2 Å². The van der Waals surface area contributed by atoms with Gasteiger partial charge in [0.25, 0.3) is 0 Å². The maximum atomic E-state index is 10.8. The lowest BCUT2D eigenvalue weighted by molar-refractivity contribution is -0.317. The van der Waals surface area contributed by atoms with Crippen molar-refractivity contribution < 1.29 is 28.6 Å². The molecule has 0 saturated carbocycles. The molecule has 0 amide bonds. The molecule has 83 valence electrons. The third-order valence-electron chi connectivity index (χ3n) is 1.11. The van der Waals surface area contributed by atoms with Crippen molar-refractivity contribution in [3.05, 3.63) is 0 Å². The van der Waals surface area contributed by atoms with Gasteiger partial charge in [0.1, 0.15) is 0 Å². The quantitative estimate of drug-likeness (QED) is 0.382. The Labute approximate surface area is 90.3 Å². The first kappa shape index (κ1) is 13.6. The Hall–Kier alpha value is -1.37. The molecule has 0 heterocycles. The maximum absolute atomic E-state index is 10.8. The number of esters is 3. The summed E-state index contributed by atoms with van der Waals surface area (Å²) in [5.41, 5.74) is 0. The van der Waals surface area contributed by atoms with Crippen LogP contribution in [0.1, 0.15) is 20.8 Å². The van der Waals surface area contributed by atoms with Crippen molar-refractivity contribution in [1.82, 2.24) is 0 Å². The number of carbonyl (C=O) groups is 3. The van der Waals surface area contributed by atoms with Crippen molar-refractivity contribution in [3.63, 3.8) is 0 Å². The average Bonchev–Trinajstić information content (AvgIpc) is 1.99. The topological polar surface area (TPSA) is 78.9 Å². The number of hydrogen-bond donors (Lipinski definition) is 0. The first-order valence-corrected chi connectivity index (χ1v) is 4.75. The molecule has 0 rings (SSSR count). The lowest BCUT2D eigenvalue weighted by Crippen LogP contribution is -2.42. The van der Waals surface area contributed by atoms with Crippen LogP contribution in [0.25, 0.3) is 0 Å². The number of rotatable bonds is 4. The van der Waals surface area contributed by atoms with E-state index in [-0.39, 0.29) is 6.04 Å². The second kappa shape index (κ2) is 5.49. The van der Waals surface area contributed by atoms with Crippen LogP contribution in [0.5, 0.6) is 0 Å². The van der Waals surface area contributed by atoms with Crippen molar-refractivity contribution in [2.24, 2.45) is 0 Å². The number of hydrogen-bond acceptors (Lipinski definition) is 6. The van der Waals surface area contributed by atoms with Crippen LogP contribution >= 0.6 is 0 Å². The molecule has 6 nitrogen and oxygen atoms in total. The van der Waals surface area contributed by atoms with E-state index >= 15 is 0 Å². The summed E-state index contributed by atoms with van der Waals surface area (Å²) in [4.78, 5) is 32.3. The molecule has 0 fully saturated rings. The summed E-state index contributed by atoms with van der Waals surface area (Å²) < 4.78 is 13.9. The average molecular weight is 231 g/mol. The minimum atomic E-state index is -2.03. The first-order chi connectivity index (χ1) is 6.81. The maximum Gasteiger partial charge on any atom is 0.420 e. The zero-order chi connectivity index (χ0) is 12.1. The Balaban J connectivity index is 4.81. The van der Waals surface area contributed by atoms with Crippen molar-refractivity contribution >= 4 is 28.2 Å². The molecule has 0 aromatic heterocycles. The Kier molecular flexibility index (Phi) is 4.99. The Bertz CT molecular complexity index is 234. The summed E-state index contributed by atoms with van der Waals surface area (Å²) in [6, 6.07) is -0.175. The minimum Gasteiger partial charge on any atom is -0.388 e. The molecule has 3 radical (unpaired) electrons. The Morgan fingerprint density at radius 2 is 1.20 bits per heavy atom. The lowest BCUT2D eigenvalue weighted by Gasteiger charge is -2.28. The van der Waals surface area contributed by atoms with Crippen LogP contribution in [0.3, 0.4) is 0 Å². The second-order valence-corrected chi connectivity index (χ2v) is 2.99. The summed E-state index contributed by atoms with van der Waals surface area (Å²) >= 11 is 0. The Morgan fingerprint density at radius 3 is 1.33 bits per heavy atom. The van der Waals surface area contributed by atoms with Crippen LogP contribution < -0.4 is 0 Å². The molecule has 0 unspecified atom stereocenters. The third kappa shape index (κ3) is 5.16. The van der Waals surface area contributed by atoms with Crippen molar-refractivity contribution in [3.8, 4) is 0 Å². The summed E-state index contributed by atoms with van der Waals surface area (Å²) in [6.45, 7) is 3.30. The third-order valence-corrected chi connectivity index (χ3v) is 1.55. The van der Waals surface area contributed by atoms with Gasteiger partial charge in [0.05, 0.1) is 6.04 Å². The number of carbonyl (C=O) groups excluding carboxylic acids is 3. The molecule has 7 heteroatoms. The van der Waals surface area contributed by atoms with Gasteiger partial charge in [-0.2, -0.15) is 0 Å². The zero-order valence-electron chi connectivity index (χ0n) is 8.66. The molecule has 0 aromatic carbocycles. The lowest BCUT2D eigenvalue weighted by atomic mass is 10.5. The summed E-state index contributed by atoms with van der Waals surface area (Å²) in [7, 11) is 2.98. The molecular formula is C8H11O6Si. The molecule has 0 aliphatic carbocycles. The normalized spacial score (nSPS) is 10.4. The molecule has 0 saturated heterocycles. The van der Waals surface area contributed by atoms with E-state index in [1.807, 2.05) is 0 Å². The predicted octanol–water partition coefficient (Wildman–Crippen LogP) is -0.0837. The van der Waals surface area contributed by atoms with E-state index in [9.17, 15) is 14.4 Å². The largest absolute Gasteiger partial charge is 0.420 e. The molecule has 0 N–H and O–H groups in total. The van der Waals surface area contributed by atoms with E-state index in [4.69, 9.17) is 0 Å². The highest BCUT2D eigenvalue weighted by molar-refractivity contribution is 6.09. The van der Waals surface area contributed by atoms with E-state index in [0.29, 0.717) is 0 Å². The standard InChI is InChI=1S/C8H11O6Si/c1-5(9)12-8(4-15,13-6(2)10)14-7(3)11/h4H2,1-3H3. The van der Waals surface area contributed by atoms with Crippen LogP contribution in [0.2, 0.25) is 6.04 Å². The van der Waals surface area contributed by atoms with E-state index in [1.54, 1.807) is 0 Å². The molecule has 0 aliphatic heterocycles. The molecular weight excluding hydrogens is 220 g/mol. The van der Waals surface area contributed by atoms with Gasteiger partial charge in [0.15, 0.2) is 0 Å². The van der Waals surface area contributed by atoms with E-state index < -0.39 is 23.9 Å². The highest BCUT2D eigenvalue weighted by atomic mass is 28.1. The van der Waals surface area contributed by atoms with Gasteiger partial charge in [0, 0.05) is 31.0 Å². The van der Waals surface area contributed by atoms with Crippen LogP contribution in [0, 0.1) is 0 Å². The molecule has 0 aromatic rings. The van der Waals surface area contributed by atoms with Crippen molar-refractivity contribution in [2.75, 3.05) is 0 Å². The monoisotopic (exact) mass is 231 g/mol. The van der Waals surface area contributed by atoms with Gasteiger partial charge in [-0.3, -0.25) is 14.4 Å². The SMILES string of the molecule is CC(=O)OC(C[Si])(OC(C)=O)OC(C)=O. The molecule has 0 atom stereocenters. The van der Waals surface area contributed by atoms with Crippen LogP contribution in [0.4, 0.5) is 0 Å². The summed E-state index contributed by atoms with van der Waals surface area (Å²) in [5.74, 6) is -4.25. The summed E-state index contributed by atoms with van der Waals surface area (Å²) in [6.07, 6.45) is 0. The molecule has 0 spiro atoms. The predicted molar refractivity (Wildman–Crippen MR) is 48.6 cm³/mol. The second-order valence-electron chi connectivity index (χ2n) is 2.64. The molecule has 15 heavy (non-hydrogen) atoms. The van der Waals surface area contributed by atoms with Gasteiger partial charge in [-0.1, -0.05) is 0 Å². The van der Waals surface area contributed by atoms with E-state index in [1.165, 1.54) is 0 Å².